The van der Waals surface area contributed by atoms with Crippen molar-refractivity contribution in [2.75, 3.05) is 5.32 Å². The van der Waals surface area contributed by atoms with Crippen molar-refractivity contribution in [3.63, 3.8) is 0 Å². The minimum absolute atomic E-state index is 0.134. The molecule has 2 aromatic carbocycles. The molecule has 0 spiro atoms. The lowest BCUT2D eigenvalue weighted by atomic mass is 10.0. The Bertz CT molecular complexity index is 1090. The highest BCUT2D eigenvalue weighted by Gasteiger charge is 2.25. The Balaban J connectivity index is 1.74. The summed E-state index contributed by atoms with van der Waals surface area (Å²) in [6.45, 7) is 3.71. The highest BCUT2D eigenvalue weighted by molar-refractivity contribution is 6.30. The van der Waals surface area contributed by atoms with Crippen LogP contribution < -0.4 is 16.2 Å². The third-order valence-corrected chi connectivity index (χ3v) is 4.70. The van der Waals surface area contributed by atoms with E-state index in [9.17, 15) is 14.4 Å². The second kappa shape index (κ2) is 9.37. The first-order valence-electron chi connectivity index (χ1n) is 9.37. The molecule has 0 saturated heterocycles. The average molecular weight is 425 g/mol. The van der Waals surface area contributed by atoms with Crippen molar-refractivity contribution in [3.8, 4) is 11.3 Å². The predicted octanol–water partition coefficient (Wildman–Crippen LogP) is 3.48. The molecule has 1 atom stereocenters. The Morgan fingerprint density at radius 3 is 2.40 bits per heavy atom. The van der Waals surface area contributed by atoms with Crippen LogP contribution in [-0.4, -0.2) is 28.1 Å². The Morgan fingerprint density at radius 2 is 1.77 bits per heavy atom. The van der Waals surface area contributed by atoms with E-state index in [1.165, 1.54) is 6.07 Å². The molecule has 0 aliphatic heterocycles. The summed E-state index contributed by atoms with van der Waals surface area (Å²) in [6, 6.07) is 15.8. The molecule has 1 aromatic heterocycles. The summed E-state index contributed by atoms with van der Waals surface area (Å²) < 4.78 is 0. The van der Waals surface area contributed by atoms with Gasteiger partial charge in [-0.1, -0.05) is 37.6 Å². The topological polar surface area (TPSA) is 104 Å². The third kappa shape index (κ3) is 5.33. The van der Waals surface area contributed by atoms with Crippen LogP contribution in [0.5, 0.6) is 0 Å². The summed E-state index contributed by atoms with van der Waals surface area (Å²) >= 11 is 5.86. The minimum atomic E-state index is -0.733. The number of carbonyl (C=O) groups excluding carboxylic acids is 2. The van der Waals surface area contributed by atoms with E-state index in [1.807, 2.05) is 19.9 Å². The minimum Gasteiger partial charge on any atom is -0.340 e. The lowest BCUT2D eigenvalue weighted by molar-refractivity contribution is -0.118. The van der Waals surface area contributed by atoms with Crippen molar-refractivity contribution < 1.29 is 9.59 Å². The first-order chi connectivity index (χ1) is 14.3. The molecule has 0 fully saturated rings. The Kier molecular flexibility index (Phi) is 6.64. The second-order valence-corrected chi connectivity index (χ2v) is 7.51. The number of hydrogen-bond acceptors (Lipinski definition) is 4. The SMILES string of the molecule is CC(C)C(NC(=O)c1ccc(Cl)cc1)C(=O)Nc1cccc(-c2ccc(=O)[nH]n2)c1. The lowest BCUT2D eigenvalue weighted by Crippen LogP contribution is -2.47. The summed E-state index contributed by atoms with van der Waals surface area (Å²) in [5.74, 6) is -0.823. The van der Waals surface area contributed by atoms with Crippen LogP contribution in [0.4, 0.5) is 5.69 Å². The van der Waals surface area contributed by atoms with E-state index in [4.69, 9.17) is 11.6 Å². The van der Waals surface area contributed by atoms with Crippen LogP contribution in [0, 0.1) is 5.92 Å². The summed E-state index contributed by atoms with van der Waals surface area (Å²) in [7, 11) is 0. The van der Waals surface area contributed by atoms with Gasteiger partial charge >= 0.3 is 0 Å². The molecule has 0 bridgehead atoms. The van der Waals surface area contributed by atoms with Crippen LogP contribution in [0.25, 0.3) is 11.3 Å². The number of aromatic amines is 1. The molecule has 8 heteroatoms. The monoisotopic (exact) mass is 424 g/mol. The van der Waals surface area contributed by atoms with Crippen molar-refractivity contribution in [3.05, 3.63) is 81.6 Å². The number of rotatable bonds is 6. The van der Waals surface area contributed by atoms with Crippen molar-refractivity contribution in [2.24, 2.45) is 5.92 Å². The van der Waals surface area contributed by atoms with E-state index in [1.54, 1.807) is 48.5 Å². The van der Waals surface area contributed by atoms with E-state index in [0.717, 1.165) is 5.56 Å². The van der Waals surface area contributed by atoms with E-state index in [2.05, 4.69) is 20.8 Å². The number of benzene rings is 2. The van der Waals surface area contributed by atoms with Gasteiger partial charge in [0.1, 0.15) is 6.04 Å². The first kappa shape index (κ1) is 21.3. The highest BCUT2D eigenvalue weighted by atomic mass is 35.5. The summed E-state index contributed by atoms with van der Waals surface area (Å²) in [5, 5.41) is 12.5. The van der Waals surface area contributed by atoms with E-state index < -0.39 is 6.04 Å². The zero-order chi connectivity index (χ0) is 21.7. The maximum absolute atomic E-state index is 12.9. The van der Waals surface area contributed by atoms with Crippen molar-refractivity contribution >= 4 is 29.1 Å². The second-order valence-electron chi connectivity index (χ2n) is 7.08. The van der Waals surface area contributed by atoms with Crippen LogP contribution in [0.2, 0.25) is 5.02 Å². The number of H-pyrrole nitrogens is 1. The number of amides is 2. The van der Waals surface area contributed by atoms with Crippen molar-refractivity contribution in [1.29, 1.82) is 0 Å². The van der Waals surface area contributed by atoms with E-state index in [0.29, 0.717) is 22.0 Å². The van der Waals surface area contributed by atoms with Crippen LogP contribution in [0.15, 0.2) is 65.5 Å². The van der Waals surface area contributed by atoms with Gasteiger partial charge in [0.25, 0.3) is 11.5 Å². The van der Waals surface area contributed by atoms with Crippen molar-refractivity contribution in [2.45, 2.75) is 19.9 Å². The van der Waals surface area contributed by atoms with Crippen LogP contribution in [0.1, 0.15) is 24.2 Å². The van der Waals surface area contributed by atoms with Gasteiger partial charge in [-0.3, -0.25) is 14.4 Å². The molecule has 2 amide bonds. The van der Waals surface area contributed by atoms with Crippen LogP contribution >= 0.6 is 11.6 Å². The predicted molar refractivity (Wildman–Crippen MR) is 116 cm³/mol. The van der Waals surface area contributed by atoms with Gasteiger partial charge < -0.3 is 10.6 Å². The maximum atomic E-state index is 12.9. The molecule has 3 rings (SSSR count). The van der Waals surface area contributed by atoms with Gasteiger partial charge in [-0.25, -0.2) is 5.10 Å². The number of halogens is 1. The summed E-state index contributed by atoms with van der Waals surface area (Å²) in [4.78, 5) is 36.6. The first-order valence-corrected chi connectivity index (χ1v) is 9.75. The number of carbonyl (C=O) groups is 2. The van der Waals surface area contributed by atoms with E-state index in [-0.39, 0.29) is 23.3 Å². The number of hydrogen-bond donors (Lipinski definition) is 3. The molecule has 3 N–H and O–H groups in total. The Hall–Kier alpha value is -3.45. The Labute approximate surface area is 178 Å². The average Bonchev–Trinajstić information content (AvgIpc) is 2.72. The molecule has 0 radical (unpaired) electrons. The normalized spacial score (nSPS) is 11.7. The Morgan fingerprint density at radius 1 is 1.03 bits per heavy atom. The summed E-state index contributed by atoms with van der Waals surface area (Å²) in [6.07, 6.45) is 0. The fourth-order valence-electron chi connectivity index (χ4n) is 2.84. The molecule has 1 unspecified atom stereocenters. The molecule has 30 heavy (non-hydrogen) atoms. The van der Waals surface area contributed by atoms with E-state index >= 15 is 0 Å². The lowest BCUT2D eigenvalue weighted by Gasteiger charge is -2.22. The summed E-state index contributed by atoms with van der Waals surface area (Å²) in [5.41, 5.74) is 1.98. The van der Waals surface area contributed by atoms with Crippen LogP contribution in [0.3, 0.4) is 0 Å². The number of aromatic nitrogens is 2. The molecular weight excluding hydrogens is 404 g/mol. The van der Waals surface area contributed by atoms with Gasteiger partial charge in [-0.05, 0) is 48.4 Å². The fraction of sp³-hybridized carbons (Fsp3) is 0.182. The standard InChI is InChI=1S/C22H21ClN4O3/c1-13(2)20(25-21(29)14-6-8-16(23)9-7-14)22(30)24-17-5-3-4-15(12-17)18-10-11-19(28)27-26-18/h3-13,20H,1-2H3,(H,24,30)(H,25,29)(H,27,28). The molecule has 7 nitrogen and oxygen atoms in total. The van der Waals surface area contributed by atoms with Gasteiger partial charge in [0.2, 0.25) is 5.91 Å². The van der Waals surface area contributed by atoms with Gasteiger partial charge in [-0.15, -0.1) is 0 Å². The zero-order valence-electron chi connectivity index (χ0n) is 16.5. The highest BCUT2D eigenvalue weighted by Crippen LogP contribution is 2.20. The molecular formula is C22H21ClN4O3. The zero-order valence-corrected chi connectivity index (χ0v) is 17.2. The van der Waals surface area contributed by atoms with Gasteiger partial charge in [-0.2, -0.15) is 5.10 Å². The van der Waals surface area contributed by atoms with Crippen molar-refractivity contribution in [1.82, 2.24) is 15.5 Å². The number of nitrogens with zero attached hydrogens (tertiary/aromatic N) is 1. The quantitative estimate of drug-likeness (QED) is 0.563. The molecule has 3 aromatic rings. The third-order valence-electron chi connectivity index (χ3n) is 4.45. The molecule has 0 aliphatic rings. The number of anilines is 1. The number of nitrogens with one attached hydrogen (secondary N) is 3. The largest absolute Gasteiger partial charge is 0.340 e. The smallest absolute Gasteiger partial charge is 0.264 e. The molecule has 1 heterocycles. The molecule has 0 aliphatic carbocycles. The fourth-order valence-corrected chi connectivity index (χ4v) is 2.97. The van der Waals surface area contributed by atoms with Gasteiger partial charge in [0.05, 0.1) is 5.69 Å². The van der Waals surface area contributed by atoms with Gasteiger partial charge in [0.15, 0.2) is 0 Å². The molecule has 154 valence electrons. The maximum Gasteiger partial charge on any atom is 0.264 e. The van der Waals surface area contributed by atoms with Gasteiger partial charge in [0, 0.05) is 27.9 Å². The van der Waals surface area contributed by atoms with Crippen LogP contribution in [-0.2, 0) is 4.79 Å². The molecule has 0 saturated carbocycles.